The minimum Gasteiger partial charge on any atom is -0.482 e. The quantitative estimate of drug-likeness (QED) is 0.848. The Bertz CT molecular complexity index is 862. The molecule has 1 aromatic heterocycles. The molecule has 0 bridgehead atoms. The van der Waals surface area contributed by atoms with Crippen molar-refractivity contribution < 1.29 is 19.4 Å². The number of likely N-dealkylation sites (tertiary alicyclic amines) is 1. The number of carbonyl (C=O) groups is 1. The normalized spacial score (nSPS) is 18.6. The van der Waals surface area contributed by atoms with Crippen LogP contribution in [-0.2, 0) is 28.1 Å². The predicted molar refractivity (Wildman–Crippen MR) is 102 cm³/mol. The highest BCUT2D eigenvalue weighted by molar-refractivity contribution is 5.68. The summed E-state index contributed by atoms with van der Waals surface area (Å²) in [6.07, 6.45) is 4.59. The molecule has 1 aromatic carbocycles. The van der Waals surface area contributed by atoms with Gasteiger partial charge in [0.2, 0.25) is 0 Å². The number of ether oxygens (including phenoxy) is 2. The van der Waals surface area contributed by atoms with Gasteiger partial charge in [-0.3, -0.25) is 4.90 Å². The van der Waals surface area contributed by atoms with Gasteiger partial charge < -0.3 is 14.6 Å². The first-order valence-electron chi connectivity index (χ1n) is 9.67. The molecule has 1 fully saturated rings. The lowest BCUT2D eigenvalue weighted by atomic mass is 9.83. The zero-order chi connectivity index (χ0) is 19.6. The molecule has 1 spiro atoms. The highest BCUT2D eigenvalue weighted by Crippen LogP contribution is 2.40. The fourth-order valence-corrected chi connectivity index (χ4v) is 4.11. The summed E-state index contributed by atoms with van der Waals surface area (Å²) in [6, 6.07) is 7.63. The van der Waals surface area contributed by atoms with Crippen LogP contribution in [-0.4, -0.2) is 52.2 Å². The van der Waals surface area contributed by atoms with E-state index in [0.29, 0.717) is 12.4 Å². The van der Waals surface area contributed by atoms with E-state index in [1.165, 1.54) is 5.56 Å². The van der Waals surface area contributed by atoms with Gasteiger partial charge in [0.05, 0.1) is 12.3 Å². The van der Waals surface area contributed by atoms with Gasteiger partial charge in [-0.05, 0) is 37.8 Å². The van der Waals surface area contributed by atoms with E-state index in [9.17, 15) is 4.79 Å². The summed E-state index contributed by atoms with van der Waals surface area (Å²) in [5.41, 5.74) is 2.97. The Balaban J connectivity index is 1.45. The molecule has 0 aliphatic carbocycles. The molecule has 148 valence electrons. The molecule has 7 nitrogen and oxygen atoms in total. The molecule has 1 saturated heterocycles. The smallest absolute Gasteiger partial charge is 0.341 e. The van der Waals surface area contributed by atoms with Crippen LogP contribution in [0.1, 0.15) is 35.5 Å². The topological polar surface area (TPSA) is 84.8 Å². The van der Waals surface area contributed by atoms with Gasteiger partial charge >= 0.3 is 5.97 Å². The molecule has 0 radical (unpaired) electrons. The number of benzene rings is 1. The van der Waals surface area contributed by atoms with Crippen LogP contribution in [0.15, 0.2) is 30.5 Å². The molecular weight excluding hydrogens is 358 g/mol. The van der Waals surface area contributed by atoms with Crippen molar-refractivity contribution in [3.63, 3.8) is 0 Å². The second-order valence-electron chi connectivity index (χ2n) is 7.45. The van der Waals surface area contributed by atoms with Crippen LogP contribution in [0.25, 0.3) is 0 Å². The van der Waals surface area contributed by atoms with Gasteiger partial charge in [-0.15, -0.1) is 0 Å². The van der Waals surface area contributed by atoms with Crippen LogP contribution < -0.4 is 4.74 Å². The number of nitrogens with zero attached hydrogens (tertiary/aromatic N) is 3. The Morgan fingerprint density at radius 3 is 2.89 bits per heavy atom. The van der Waals surface area contributed by atoms with Crippen LogP contribution in [0.2, 0.25) is 0 Å². The Labute approximate surface area is 164 Å². The molecule has 0 atom stereocenters. The van der Waals surface area contributed by atoms with E-state index >= 15 is 0 Å². The second kappa shape index (κ2) is 7.85. The second-order valence-corrected chi connectivity index (χ2v) is 7.45. The summed E-state index contributed by atoms with van der Waals surface area (Å²) in [5, 5.41) is 8.87. The summed E-state index contributed by atoms with van der Waals surface area (Å²) in [5.74, 6) is 0.448. The number of aryl methyl sites for hydroxylation is 1. The molecular formula is C21H25N3O4. The molecule has 0 unspecified atom stereocenters. The maximum atomic E-state index is 10.8. The number of rotatable bonds is 5. The monoisotopic (exact) mass is 383 g/mol. The molecule has 4 rings (SSSR count). The molecule has 1 N–H and O–H groups in total. The summed E-state index contributed by atoms with van der Waals surface area (Å²) in [7, 11) is 0. The molecule has 7 heteroatoms. The van der Waals surface area contributed by atoms with Crippen molar-refractivity contribution in [2.45, 2.75) is 38.3 Å². The Kier molecular flexibility index (Phi) is 5.28. The molecule has 2 aliphatic heterocycles. The first-order chi connectivity index (χ1) is 13.6. The van der Waals surface area contributed by atoms with E-state index in [1.807, 2.05) is 37.4 Å². The zero-order valence-electron chi connectivity index (χ0n) is 16.1. The van der Waals surface area contributed by atoms with Gasteiger partial charge in [0, 0.05) is 31.4 Å². The number of carboxylic acid groups (broad SMARTS) is 1. The Morgan fingerprint density at radius 2 is 2.11 bits per heavy atom. The van der Waals surface area contributed by atoms with E-state index < -0.39 is 5.97 Å². The average Bonchev–Trinajstić information content (AvgIpc) is 2.70. The Morgan fingerprint density at radius 1 is 1.32 bits per heavy atom. The minimum absolute atomic E-state index is 0.308. The number of hydrogen-bond donors (Lipinski definition) is 1. The number of piperidine rings is 1. The predicted octanol–water partition coefficient (Wildman–Crippen LogP) is 2.31. The summed E-state index contributed by atoms with van der Waals surface area (Å²) < 4.78 is 11.7. The summed E-state index contributed by atoms with van der Waals surface area (Å²) >= 11 is 0. The van der Waals surface area contributed by atoms with Crippen molar-refractivity contribution >= 4 is 5.97 Å². The SMILES string of the molecule is Cc1ncc2c(n1)C1(CCN(Cc3ccccc3OCC(=O)O)CC1)OCC2. The summed E-state index contributed by atoms with van der Waals surface area (Å²) in [4.78, 5) is 22.2. The van der Waals surface area contributed by atoms with Gasteiger partial charge in [-0.2, -0.15) is 0 Å². The molecule has 0 saturated carbocycles. The summed E-state index contributed by atoms with van der Waals surface area (Å²) in [6.45, 7) is 4.80. The van der Waals surface area contributed by atoms with E-state index in [1.54, 1.807) is 0 Å². The largest absolute Gasteiger partial charge is 0.482 e. The molecule has 2 aromatic rings. The van der Waals surface area contributed by atoms with Gasteiger partial charge in [-0.25, -0.2) is 14.8 Å². The van der Waals surface area contributed by atoms with E-state index in [2.05, 4.69) is 9.88 Å². The first-order valence-corrected chi connectivity index (χ1v) is 9.67. The molecule has 28 heavy (non-hydrogen) atoms. The Hall–Kier alpha value is -2.51. The number of hydrogen-bond acceptors (Lipinski definition) is 6. The third kappa shape index (κ3) is 3.86. The maximum Gasteiger partial charge on any atom is 0.341 e. The number of fused-ring (bicyclic) bond motifs is 2. The van der Waals surface area contributed by atoms with E-state index in [0.717, 1.165) is 56.0 Å². The zero-order valence-corrected chi connectivity index (χ0v) is 16.1. The first kappa shape index (κ1) is 18.8. The molecule has 2 aliphatic rings. The van der Waals surface area contributed by atoms with Crippen molar-refractivity contribution in [3.8, 4) is 5.75 Å². The van der Waals surface area contributed by atoms with E-state index in [-0.39, 0.29) is 12.2 Å². The number of aliphatic carboxylic acids is 1. The van der Waals surface area contributed by atoms with E-state index in [4.69, 9.17) is 19.6 Å². The number of carboxylic acids is 1. The fourth-order valence-electron chi connectivity index (χ4n) is 4.11. The van der Waals surface area contributed by atoms with Crippen LogP contribution in [0.3, 0.4) is 0 Å². The third-order valence-electron chi connectivity index (χ3n) is 5.55. The van der Waals surface area contributed by atoms with Crippen molar-refractivity contribution in [3.05, 3.63) is 53.1 Å². The lowest BCUT2D eigenvalue weighted by molar-refractivity contribution is -0.139. The maximum absolute atomic E-state index is 10.8. The van der Waals surface area contributed by atoms with Crippen molar-refractivity contribution in [2.24, 2.45) is 0 Å². The number of aromatic nitrogens is 2. The minimum atomic E-state index is -0.972. The highest BCUT2D eigenvalue weighted by Gasteiger charge is 2.42. The standard InChI is InChI=1S/C21H25N3O4/c1-15-22-12-16-6-11-28-21(20(16)23-15)7-9-24(10-8-21)13-17-4-2-3-5-18(17)27-14-19(25)26/h2-5,12H,6-11,13-14H2,1H3,(H,25,26). The average molecular weight is 383 g/mol. The fraction of sp³-hybridized carbons (Fsp3) is 0.476. The lowest BCUT2D eigenvalue weighted by Crippen LogP contribution is -2.47. The van der Waals surface area contributed by atoms with Gasteiger partial charge in [0.25, 0.3) is 0 Å². The van der Waals surface area contributed by atoms with Crippen LogP contribution >= 0.6 is 0 Å². The molecule has 0 amide bonds. The van der Waals surface area contributed by atoms with Crippen LogP contribution in [0.4, 0.5) is 0 Å². The molecule has 3 heterocycles. The highest BCUT2D eigenvalue weighted by atomic mass is 16.5. The van der Waals surface area contributed by atoms with Crippen LogP contribution in [0, 0.1) is 6.92 Å². The lowest BCUT2D eigenvalue weighted by Gasteiger charge is -2.44. The van der Waals surface area contributed by atoms with Crippen molar-refractivity contribution in [2.75, 3.05) is 26.3 Å². The van der Waals surface area contributed by atoms with Gasteiger partial charge in [0.1, 0.15) is 17.2 Å². The third-order valence-corrected chi connectivity index (χ3v) is 5.55. The number of para-hydroxylation sites is 1. The van der Waals surface area contributed by atoms with Gasteiger partial charge in [0.15, 0.2) is 6.61 Å². The van der Waals surface area contributed by atoms with Crippen LogP contribution in [0.5, 0.6) is 5.75 Å². The van der Waals surface area contributed by atoms with Gasteiger partial charge in [-0.1, -0.05) is 18.2 Å². The van der Waals surface area contributed by atoms with Crippen molar-refractivity contribution in [1.82, 2.24) is 14.9 Å². The van der Waals surface area contributed by atoms with Crippen molar-refractivity contribution in [1.29, 1.82) is 0 Å².